The third kappa shape index (κ3) is 4.63. The summed E-state index contributed by atoms with van der Waals surface area (Å²) in [7, 11) is 0. The van der Waals surface area contributed by atoms with Gasteiger partial charge in [-0.25, -0.2) is 0 Å². The zero-order chi connectivity index (χ0) is 16.1. The molecule has 23 heavy (non-hydrogen) atoms. The minimum atomic E-state index is 0.480. The first kappa shape index (κ1) is 16.2. The Morgan fingerprint density at radius 2 is 1.70 bits per heavy atom. The summed E-state index contributed by atoms with van der Waals surface area (Å²) < 4.78 is 0. The van der Waals surface area contributed by atoms with Crippen molar-refractivity contribution in [3.05, 3.63) is 71.3 Å². The highest BCUT2D eigenvalue weighted by Gasteiger charge is 2.19. The van der Waals surface area contributed by atoms with Crippen LogP contribution in [0.5, 0.6) is 0 Å². The quantitative estimate of drug-likeness (QED) is 0.849. The predicted octanol–water partition coefficient (Wildman–Crippen LogP) is 3.78. The van der Waals surface area contributed by atoms with Crippen LogP contribution in [0.3, 0.4) is 0 Å². The Balaban J connectivity index is 1.51. The van der Waals surface area contributed by atoms with E-state index in [9.17, 15) is 0 Å². The van der Waals surface area contributed by atoms with Gasteiger partial charge >= 0.3 is 0 Å². The van der Waals surface area contributed by atoms with Crippen molar-refractivity contribution in [3.8, 4) is 0 Å². The maximum Gasteiger partial charge on any atom is 0.103 e. The number of hydrogen-bond donors (Lipinski definition) is 1. The highest BCUT2D eigenvalue weighted by Crippen LogP contribution is 2.23. The van der Waals surface area contributed by atoms with Crippen LogP contribution in [0.2, 0.25) is 0 Å². The molecule has 0 amide bonds. The maximum absolute atomic E-state index is 5.73. The van der Waals surface area contributed by atoms with Crippen LogP contribution in [0, 0.1) is 5.92 Å². The van der Waals surface area contributed by atoms with Crippen molar-refractivity contribution in [2.24, 2.45) is 11.7 Å². The lowest BCUT2D eigenvalue weighted by Gasteiger charge is -2.32. The molecule has 2 aromatic rings. The summed E-state index contributed by atoms with van der Waals surface area (Å²) in [5, 5.41) is 0. The van der Waals surface area contributed by atoms with Crippen LogP contribution in [-0.4, -0.2) is 23.0 Å². The van der Waals surface area contributed by atoms with E-state index in [4.69, 9.17) is 18.0 Å². The summed E-state index contributed by atoms with van der Waals surface area (Å²) >= 11 is 5.07. The highest BCUT2D eigenvalue weighted by molar-refractivity contribution is 7.80. The number of rotatable bonds is 5. The monoisotopic (exact) mass is 324 g/mol. The van der Waals surface area contributed by atoms with Crippen LogP contribution >= 0.6 is 12.2 Å². The van der Waals surface area contributed by atoms with Crippen molar-refractivity contribution in [1.82, 2.24) is 4.90 Å². The van der Waals surface area contributed by atoms with Gasteiger partial charge in [0.2, 0.25) is 0 Å². The number of likely N-dealkylation sites (tertiary alicyclic amines) is 1. The van der Waals surface area contributed by atoms with Crippen molar-refractivity contribution in [1.29, 1.82) is 0 Å². The summed E-state index contributed by atoms with van der Waals surface area (Å²) in [5.74, 6) is 0.816. The minimum Gasteiger partial charge on any atom is -0.389 e. The second-order valence-corrected chi connectivity index (χ2v) is 6.91. The van der Waals surface area contributed by atoms with E-state index in [0.29, 0.717) is 4.99 Å². The second-order valence-electron chi connectivity index (χ2n) is 6.47. The molecule has 0 spiro atoms. The van der Waals surface area contributed by atoms with Crippen LogP contribution in [-0.2, 0) is 13.0 Å². The highest BCUT2D eigenvalue weighted by atomic mass is 32.1. The minimum absolute atomic E-state index is 0.480. The number of hydrogen-bond acceptors (Lipinski definition) is 2. The Morgan fingerprint density at radius 3 is 2.39 bits per heavy atom. The van der Waals surface area contributed by atoms with E-state index in [2.05, 4.69) is 47.4 Å². The van der Waals surface area contributed by atoms with Gasteiger partial charge in [-0.1, -0.05) is 60.7 Å². The van der Waals surface area contributed by atoms with Gasteiger partial charge in [-0.05, 0) is 55.5 Å². The van der Waals surface area contributed by atoms with Gasteiger partial charge in [-0.2, -0.15) is 0 Å². The summed E-state index contributed by atoms with van der Waals surface area (Å²) in [6, 6.07) is 19.2. The third-order valence-corrected chi connectivity index (χ3v) is 4.93. The molecule has 0 atom stereocenters. The van der Waals surface area contributed by atoms with Crippen LogP contribution in [0.15, 0.2) is 54.6 Å². The largest absolute Gasteiger partial charge is 0.389 e. The molecule has 2 N–H and O–H groups in total. The van der Waals surface area contributed by atoms with Crippen LogP contribution in [0.1, 0.15) is 29.5 Å². The van der Waals surface area contributed by atoms with Crippen LogP contribution in [0.25, 0.3) is 0 Å². The average molecular weight is 324 g/mol. The lowest BCUT2D eigenvalue weighted by atomic mass is 9.90. The summed E-state index contributed by atoms with van der Waals surface area (Å²) in [6.07, 6.45) is 3.78. The third-order valence-electron chi connectivity index (χ3n) is 4.69. The molecule has 2 aromatic carbocycles. The molecular weight excluding hydrogens is 300 g/mol. The van der Waals surface area contributed by atoms with Crippen molar-refractivity contribution >= 4 is 17.2 Å². The van der Waals surface area contributed by atoms with Crippen molar-refractivity contribution in [2.45, 2.75) is 25.8 Å². The van der Waals surface area contributed by atoms with Gasteiger partial charge in [-0.15, -0.1) is 0 Å². The molecule has 0 radical (unpaired) electrons. The SMILES string of the molecule is NC(=S)c1cccc(CN2CCC(Cc3ccccc3)CC2)c1. The van der Waals surface area contributed by atoms with Gasteiger partial charge in [0.15, 0.2) is 0 Å². The molecule has 0 unspecified atom stereocenters. The van der Waals surface area contributed by atoms with E-state index in [1.807, 2.05) is 12.1 Å². The van der Waals surface area contributed by atoms with Crippen molar-refractivity contribution in [2.75, 3.05) is 13.1 Å². The van der Waals surface area contributed by atoms with E-state index < -0.39 is 0 Å². The first-order valence-electron chi connectivity index (χ1n) is 8.36. The van der Waals surface area contributed by atoms with Gasteiger partial charge in [0, 0.05) is 12.1 Å². The number of piperidine rings is 1. The van der Waals surface area contributed by atoms with Gasteiger partial charge in [0.1, 0.15) is 4.99 Å². The van der Waals surface area contributed by atoms with Crippen molar-refractivity contribution in [3.63, 3.8) is 0 Å². The maximum atomic E-state index is 5.73. The standard InChI is InChI=1S/C20H24N2S/c21-20(23)19-8-4-7-18(14-19)15-22-11-9-17(10-12-22)13-16-5-2-1-3-6-16/h1-8,14,17H,9-13,15H2,(H2,21,23). The van der Waals surface area contributed by atoms with Crippen LogP contribution < -0.4 is 5.73 Å². The number of benzene rings is 2. The molecule has 0 bridgehead atoms. The fraction of sp³-hybridized carbons (Fsp3) is 0.350. The van der Waals surface area contributed by atoms with E-state index in [0.717, 1.165) is 18.0 Å². The van der Waals surface area contributed by atoms with E-state index in [-0.39, 0.29) is 0 Å². The summed E-state index contributed by atoms with van der Waals surface area (Å²) in [6.45, 7) is 3.35. The molecule has 1 saturated heterocycles. The van der Waals surface area contributed by atoms with Gasteiger partial charge in [-0.3, -0.25) is 4.90 Å². The molecule has 1 fully saturated rings. The zero-order valence-electron chi connectivity index (χ0n) is 13.4. The number of thiocarbonyl (C=S) groups is 1. The van der Waals surface area contributed by atoms with Gasteiger partial charge in [0.05, 0.1) is 0 Å². The molecule has 120 valence electrons. The second kappa shape index (κ2) is 7.71. The first-order chi connectivity index (χ1) is 11.2. The zero-order valence-corrected chi connectivity index (χ0v) is 14.3. The molecule has 0 saturated carbocycles. The van der Waals surface area contributed by atoms with E-state index >= 15 is 0 Å². The first-order valence-corrected chi connectivity index (χ1v) is 8.76. The Labute approximate surface area is 144 Å². The normalized spacial score (nSPS) is 16.3. The number of nitrogens with zero attached hydrogens (tertiary/aromatic N) is 1. The van der Waals surface area contributed by atoms with Gasteiger partial charge in [0.25, 0.3) is 0 Å². The topological polar surface area (TPSA) is 29.3 Å². The van der Waals surface area contributed by atoms with E-state index in [1.165, 1.54) is 43.5 Å². The van der Waals surface area contributed by atoms with Crippen LogP contribution in [0.4, 0.5) is 0 Å². The molecule has 1 heterocycles. The molecule has 1 aliphatic rings. The Bertz CT molecular complexity index is 646. The molecule has 3 rings (SSSR count). The Hall–Kier alpha value is -1.71. The molecule has 2 nitrogen and oxygen atoms in total. The van der Waals surface area contributed by atoms with E-state index in [1.54, 1.807) is 0 Å². The van der Waals surface area contributed by atoms with Crippen molar-refractivity contribution < 1.29 is 0 Å². The molecule has 3 heteroatoms. The smallest absolute Gasteiger partial charge is 0.103 e. The fourth-order valence-corrected chi connectivity index (χ4v) is 3.50. The number of nitrogens with two attached hydrogens (primary N) is 1. The summed E-state index contributed by atoms with van der Waals surface area (Å²) in [5.41, 5.74) is 9.46. The lowest BCUT2D eigenvalue weighted by Crippen LogP contribution is -2.33. The Morgan fingerprint density at radius 1 is 1.00 bits per heavy atom. The Kier molecular flexibility index (Phi) is 5.42. The molecule has 0 aliphatic carbocycles. The molecule has 0 aromatic heterocycles. The lowest BCUT2D eigenvalue weighted by molar-refractivity contribution is 0.177. The predicted molar refractivity (Wildman–Crippen MR) is 100 cm³/mol. The average Bonchev–Trinajstić information content (AvgIpc) is 2.58. The fourth-order valence-electron chi connectivity index (χ4n) is 3.38. The summed E-state index contributed by atoms with van der Waals surface area (Å²) in [4.78, 5) is 3.02. The molecule has 1 aliphatic heterocycles. The van der Waals surface area contributed by atoms with Gasteiger partial charge < -0.3 is 5.73 Å². The molecular formula is C20H24N2S.